The molecule has 0 saturated heterocycles. The first-order chi connectivity index (χ1) is 13.3. The fourth-order valence-corrected chi connectivity index (χ4v) is 2.83. The number of hydrogen-bond donors (Lipinski definition) is 0. The third-order valence-corrected chi connectivity index (χ3v) is 5.09. The number of carbonyl (C=O) groups excluding carboxylic acids is 4. The molecular weight excluding hydrogens is 448 g/mol. The van der Waals surface area contributed by atoms with Gasteiger partial charge in [0.25, 0.3) is 0 Å². The number of carbonyl (C=O) groups is 4. The Morgan fingerprint density at radius 2 is 0.929 bits per heavy atom. The maximum Gasteiger partial charge on any atom is 0.367 e. The van der Waals surface area contributed by atoms with Gasteiger partial charge in [-0.05, 0) is 36.8 Å². The molecule has 0 aliphatic rings. The summed E-state index contributed by atoms with van der Waals surface area (Å²) in [5.74, 6) is -1.01. The normalized spacial score (nSPS) is 10.9. The molecule has 0 radical (unpaired) electrons. The van der Waals surface area contributed by atoms with E-state index in [0.717, 1.165) is 11.8 Å². The van der Waals surface area contributed by atoms with Gasteiger partial charge in [-0.2, -0.15) is 35.3 Å². The molecule has 162 valence electrons. The summed E-state index contributed by atoms with van der Waals surface area (Å²) >= 11 is 4.75. The fraction of sp³-hybridized carbons (Fsp3) is 0.750. The number of hydrogen-bond acceptors (Lipinski definition) is 12. The van der Waals surface area contributed by atoms with Crippen molar-refractivity contribution in [1.82, 2.24) is 0 Å². The molecule has 0 aromatic carbocycles. The predicted octanol–water partition coefficient (Wildman–Crippen LogP) is 2.19. The van der Waals surface area contributed by atoms with E-state index in [1.807, 2.05) is 0 Å². The van der Waals surface area contributed by atoms with Crippen molar-refractivity contribution in [2.45, 2.75) is 0 Å². The topological polar surface area (TPSA) is 105 Å². The van der Waals surface area contributed by atoms with E-state index in [9.17, 15) is 19.2 Å². The molecule has 12 heteroatoms. The van der Waals surface area contributed by atoms with Crippen LogP contribution in [0, 0.1) is 5.41 Å². The summed E-state index contributed by atoms with van der Waals surface area (Å²) < 4.78 is 20.9. The summed E-state index contributed by atoms with van der Waals surface area (Å²) in [5, 5.41) is -0.550. The first-order valence-electron chi connectivity index (χ1n) is 7.97. The van der Waals surface area contributed by atoms with Crippen molar-refractivity contribution in [2.24, 2.45) is 5.41 Å². The highest BCUT2D eigenvalue weighted by molar-refractivity contribution is 8.12. The number of ether oxygens (including phenoxy) is 4. The summed E-state index contributed by atoms with van der Waals surface area (Å²) in [6, 6.07) is 0. The number of thioether (sulfide) groups is 4. The Bertz CT molecular complexity index is 460. The standard InChI is InChI=1S/C16H26O8S4/c1-25-5-12(17)21-8-16(11-24-15(20)28-4,9-22-13(18)6-26-2)10-23-14(19)7-27-3/h5-11H2,1-4H3. The predicted molar refractivity (Wildman–Crippen MR) is 115 cm³/mol. The smallest absolute Gasteiger partial charge is 0.367 e. The Hall–Kier alpha value is -0.720. The molecule has 0 amide bonds. The lowest BCUT2D eigenvalue weighted by molar-refractivity contribution is -0.161. The van der Waals surface area contributed by atoms with Crippen LogP contribution in [0.15, 0.2) is 0 Å². The summed E-state index contributed by atoms with van der Waals surface area (Å²) in [5.41, 5.74) is -1.19. The van der Waals surface area contributed by atoms with E-state index < -0.39 is 28.6 Å². The average Bonchev–Trinajstić information content (AvgIpc) is 2.67. The summed E-state index contributed by atoms with van der Waals surface area (Å²) in [6.45, 7) is -0.925. The minimum Gasteiger partial charge on any atom is -0.464 e. The zero-order valence-corrected chi connectivity index (χ0v) is 19.6. The van der Waals surface area contributed by atoms with E-state index in [1.54, 1.807) is 25.0 Å². The van der Waals surface area contributed by atoms with Crippen LogP contribution in [0.1, 0.15) is 0 Å². The lowest BCUT2D eigenvalue weighted by Gasteiger charge is -2.31. The largest absolute Gasteiger partial charge is 0.464 e. The molecule has 0 rings (SSSR count). The second kappa shape index (κ2) is 16.1. The minimum absolute atomic E-state index is 0.138. The average molecular weight is 475 g/mol. The summed E-state index contributed by atoms with van der Waals surface area (Å²) in [4.78, 5) is 47.0. The SMILES string of the molecule is CSCC(=O)OCC(COC(=O)CSC)(COC(=O)CSC)COC(=O)SC. The molecule has 0 heterocycles. The van der Waals surface area contributed by atoms with Crippen LogP contribution in [-0.4, -0.2) is 91.9 Å². The van der Waals surface area contributed by atoms with Crippen LogP contribution in [0.25, 0.3) is 0 Å². The lowest BCUT2D eigenvalue weighted by Crippen LogP contribution is -2.44. The maximum absolute atomic E-state index is 11.8. The quantitative estimate of drug-likeness (QED) is 0.272. The zero-order chi connectivity index (χ0) is 21.4. The van der Waals surface area contributed by atoms with Gasteiger partial charge in [0.05, 0.1) is 17.3 Å². The number of rotatable bonds is 14. The van der Waals surface area contributed by atoms with Crippen LogP contribution < -0.4 is 0 Å². The van der Waals surface area contributed by atoms with Crippen molar-refractivity contribution in [3.8, 4) is 0 Å². The van der Waals surface area contributed by atoms with Crippen LogP contribution in [-0.2, 0) is 33.3 Å². The van der Waals surface area contributed by atoms with Gasteiger partial charge in [-0.25, -0.2) is 4.79 Å². The van der Waals surface area contributed by atoms with Gasteiger partial charge in [0.1, 0.15) is 31.8 Å². The second-order valence-electron chi connectivity index (χ2n) is 5.52. The Morgan fingerprint density at radius 3 is 1.21 bits per heavy atom. The highest BCUT2D eigenvalue weighted by Crippen LogP contribution is 2.23. The first-order valence-corrected chi connectivity index (χ1v) is 13.4. The van der Waals surface area contributed by atoms with Gasteiger partial charge in [0, 0.05) is 0 Å². The van der Waals surface area contributed by atoms with E-state index in [2.05, 4.69) is 0 Å². The molecule has 0 aliphatic heterocycles. The Morgan fingerprint density at radius 1 is 0.607 bits per heavy atom. The molecule has 0 aliphatic carbocycles. The summed E-state index contributed by atoms with van der Waals surface area (Å²) in [7, 11) is 0. The van der Waals surface area contributed by atoms with Gasteiger partial charge in [-0.15, -0.1) is 0 Å². The third-order valence-electron chi connectivity index (χ3n) is 3.07. The molecular formula is C16H26O8S4. The van der Waals surface area contributed by atoms with Crippen molar-refractivity contribution in [2.75, 3.05) is 68.7 Å². The van der Waals surface area contributed by atoms with Crippen LogP contribution in [0.4, 0.5) is 4.79 Å². The molecule has 0 spiro atoms. The van der Waals surface area contributed by atoms with Crippen molar-refractivity contribution >= 4 is 70.3 Å². The van der Waals surface area contributed by atoms with Crippen molar-refractivity contribution < 1.29 is 38.1 Å². The Balaban J connectivity index is 5.32. The summed E-state index contributed by atoms with van der Waals surface area (Å²) in [6.07, 6.45) is 6.81. The molecule has 0 atom stereocenters. The van der Waals surface area contributed by atoms with Crippen LogP contribution in [0.5, 0.6) is 0 Å². The molecule has 0 unspecified atom stereocenters. The Labute approximate surface area is 182 Å². The van der Waals surface area contributed by atoms with Crippen molar-refractivity contribution in [3.63, 3.8) is 0 Å². The van der Waals surface area contributed by atoms with Gasteiger partial charge >= 0.3 is 23.2 Å². The third kappa shape index (κ3) is 12.7. The number of esters is 3. The van der Waals surface area contributed by atoms with E-state index >= 15 is 0 Å². The zero-order valence-electron chi connectivity index (χ0n) is 16.3. The van der Waals surface area contributed by atoms with Crippen molar-refractivity contribution in [3.05, 3.63) is 0 Å². The van der Waals surface area contributed by atoms with Gasteiger partial charge in [-0.3, -0.25) is 14.4 Å². The fourth-order valence-electron chi connectivity index (χ4n) is 1.70. The molecule has 0 saturated carbocycles. The molecule has 8 nitrogen and oxygen atoms in total. The maximum atomic E-state index is 11.8. The molecule has 0 aromatic rings. The van der Waals surface area contributed by atoms with Gasteiger partial charge in [0.15, 0.2) is 0 Å². The highest BCUT2D eigenvalue weighted by atomic mass is 32.2. The highest BCUT2D eigenvalue weighted by Gasteiger charge is 2.37. The van der Waals surface area contributed by atoms with Crippen LogP contribution in [0.2, 0.25) is 0 Å². The van der Waals surface area contributed by atoms with Crippen LogP contribution in [0.3, 0.4) is 0 Å². The van der Waals surface area contributed by atoms with Gasteiger partial charge in [-0.1, -0.05) is 0 Å². The van der Waals surface area contributed by atoms with Crippen LogP contribution >= 0.6 is 47.0 Å². The monoisotopic (exact) mass is 474 g/mol. The first kappa shape index (κ1) is 27.3. The van der Waals surface area contributed by atoms with E-state index in [0.29, 0.717) is 0 Å². The molecule has 28 heavy (non-hydrogen) atoms. The van der Waals surface area contributed by atoms with E-state index in [1.165, 1.54) is 35.3 Å². The molecule has 0 fully saturated rings. The van der Waals surface area contributed by atoms with E-state index in [4.69, 9.17) is 18.9 Å². The molecule has 0 N–H and O–H groups in total. The second-order valence-corrected chi connectivity index (χ2v) is 8.86. The lowest BCUT2D eigenvalue weighted by atomic mass is 9.92. The minimum atomic E-state index is -1.19. The van der Waals surface area contributed by atoms with Crippen molar-refractivity contribution in [1.29, 1.82) is 0 Å². The molecule has 0 aromatic heterocycles. The van der Waals surface area contributed by atoms with Gasteiger partial charge in [0.2, 0.25) is 0 Å². The van der Waals surface area contributed by atoms with E-state index in [-0.39, 0.29) is 43.7 Å². The Kier molecular flexibility index (Phi) is 15.7. The van der Waals surface area contributed by atoms with Gasteiger partial charge < -0.3 is 18.9 Å². The molecule has 0 bridgehead atoms.